The molecule has 1 saturated heterocycles. The molecule has 2 rings (SSSR count). The first-order chi connectivity index (χ1) is 6.95. The maximum atomic E-state index is 4.07. The summed E-state index contributed by atoms with van der Waals surface area (Å²) in [6.07, 6.45) is 4.07. The summed E-state index contributed by atoms with van der Waals surface area (Å²) in [5, 5.41) is 10.2. The molecular weight excluding hydrogens is 176 g/mol. The van der Waals surface area contributed by atoms with Crippen LogP contribution in [0.1, 0.15) is 5.56 Å². The van der Waals surface area contributed by atoms with Crippen LogP contribution in [0.3, 0.4) is 0 Å². The third-order valence-corrected chi connectivity index (χ3v) is 2.32. The predicted octanol–water partition coefficient (Wildman–Crippen LogP) is -0.310. The van der Waals surface area contributed by atoms with Crippen molar-refractivity contribution >= 4 is 0 Å². The number of aromatic nitrogens is 1. The Morgan fingerprint density at radius 3 is 3.21 bits per heavy atom. The molecule has 4 nitrogen and oxygen atoms in total. The lowest BCUT2D eigenvalue weighted by molar-refractivity contribution is 0.359. The van der Waals surface area contributed by atoms with Crippen LogP contribution in [-0.4, -0.2) is 30.8 Å². The van der Waals surface area contributed by atoms with Gasteiger partial charge in [-0.3, -0.25) is 15.6 Å². The summed E-state index contributed by atoms with van der Waals surface area (Å²) >= 11 is 0. The third kappa shape index (κ3) is 2.77. The minimum absolute atomic E-state index is 0.379. The Balaban J connectivity index is 1.76. The normalized spacial score (nSPS) is 22.1. The van der Waals surface area contributed by atoms with Crippen LogP contribution in [0.2, 0.25) is 0 Å². The molecule has 3 N–H and O–H groups in total. The molecule has 0 saturated carbocycles. The van der Waals surface area contributed by atoms with Gasteiger partial charge in [0.05, 0.1) is 6.17 Å². The molecule has 76 valence electrons. The highest BCUT2D eigenvalue weighted by Gasteiger charge is 2.09. The van der Waals surface area contributed by atoms with Crippen molar-refractivity contribution in [2.75, 3.05) is 19.6 Å². The van der Waals surface area contributed by atoms with Crippen molar-refractivity contribution in [2.45, 2.75) is 12.7 Å². The average molecular weight is 192 g/mol. The van der Waals surface area contributed by atoms with Crippen LogP contribution in [0.25, 0.3) is 0 Å². The Morgan fingerprint density at radius 2 is 2.50 bits per heavy atom. The van der Waals surface area contributed by atoms with Crippen LogP contribution in [0.5, 0.6) is 0 Å². The fourth-order valence-corrected chi connectivity index (χ4v) is 1.54. The van der Waals surface area contributed by atoms with Crippen LogP contribution in [0, 0.1) is 0 Å². The molecular formula is C10H16N4. The molecule has 1 aliphatic heterocycles. The average Bonchev–Trinajstić information content (AvgIpc) is 2.29. The SMILES string of the molecule is c1cncc(CNC2CNCCN2)c1. The van der Waals surface area contributed by atoms with Gasteiger partial charge in [-0.15, -0.1) is 0 Å². The second kappa shape index (κ2) is 5.05. The van der Waals surface area contributed by atoms with E-state index >= 15 is 0 Å². The Kier molecular flexibility index (Phi) is 3.45. The van der Waals surface area contributed by atoms with Gasteiger partial charge in [-0.1, -0.05) is 6.07 Å². The Morgan fingerprint density at radius 1 is 1.50 bits per heavy atom. The van der Waals surface area contributed by atoms with Crippen LogP contribution in [-0.2, 0) is 6.54 Å². The number of hydrogen-bond donors (Lipinski definition) is 3. The molecule has 14 heavy (non-hydrogen) atoms. The lowest BCUT2D eigenvalue weighted by Gasteiger charge is -2.25. The molecule has 1 aromatic heterocycles. The summed E-state index contributed by atoms with van der Waals surface area (Å²) in [5.41, 5.74) is 1.22. The molecule has 1 fully saturated rings. The topological polar surface area (TPSA) is 49.0 Å². The molecule has 0 radical (unpaired) electrons. The highest BCUT2D eigenvalue weighted by molar-refractivity contribution is 5.08. The van der Waals surface area contributed by atoms with Gasteiger partial charge in [0.15, 0.2) is 0 Å². The standard InChI is InChI=1S/C10H16N4/c1-2-9(6-11-3-1)7-14-10-8-12-4-5-13-10/h1-3,6,10,12-14H,4-5,7-8H2. The molecule has 1 aliphatic rings. The number of rotatable bonds is 3. The summed E-state index contributed by atoms with van der Waals surface area (Å²) in [4.78, 5) is 4.07. The Labute approximate surface area is 84.1 Å². The van der Waals surface area contributed by atoms with Crippen molar-refractivity contribution in [3.05, 3.63) is 30.1 Å². The zero-order valence-corrected chi connectivity index (χ0v) is 8.16. The molecule has 0 spiro atoms. The number of nitrogens with one attached hydrogen (secondary N) is 3. The molecule has 2 heterocycles. The van der Waals surface area contributed by atoms with Crippen LogP contribution in [0.15, 0.2) is 24.5 Å². The van der Waals surface area contributed by atoms with Gasteiger partial charge in [0.2, 0.25) is 0 Å². The van der Waals surface area contributed by atoms with E-state index < -0.39 is 0 Å². The predicted molar refractivity (Wildman–Crippen MR) is 55.7 cm³/mol. The van der Waals surface area contributed by atoms with E-state index in [4.69, 9.17) is 0 Å². The van der Waals surface area contributed by atoms with E-state index in [0.29, 0.717) is 6.17 Å². The number of pyridine rings is 1. The van der Waals surface area contributed by atoms with E-state index in [2.05, 4.69) is 27.0 Å². The van der Waals surface area contributed by atoms with Gasteiger partial charge in [-0.05, 0) is 11.6 Å². The highest BCUT2D eigenvalue weighted by Crippen LogP contribution is 1.95. The second-order valence-corrected chi connectivity index (χ2v) is 3.45. The van der Waals surface area contributed by atoms with Crippen molar-refractivity contribution in [3.63, 3.8) is 0 Å². The highest BCUT2D eigenvalue weighted by atomic mass is 15.2. The van der Waals surface area contributed by atoms with Gasteiger partial charge < -0.3 is 5.32 Å². The van der Waals surface area contributed by atoms with E-state index in [1.807, 2.05) is 12.3 Å². The fraction of sp³-hybridized carbons (Fsp3) is 0.500. The van der Waals surface area contributed by atoms with Gasteiger partial charge >= 0.3 is 0 Å². The van der Waals surface area contributed by atoms with Crippen molar-refractivity contribution in [3.8, 4) is 0 Å². The molecule has 0 aliphatic carbocycles. The van der Waals surface area contributed by atoms with Crippen LogP contribution >= 0.6 is 0 Å². The maximum absolute atomic E-state index is 4.07. The molecule has 1 atom stereocenters. The molecule has 1 unspecified atom stereocenters. The van der Waals surface area contributed by atoms with Crippen molar-refractivity contribution < 1.29 is 0 Å². The summed E-state index contributed by atoms with van der Waals surface area (Å²) in [7, 11) is 0. The van der Waals surface area contributed by atoms with Crippen LogP contribution in [0.4, 0.5) is 0 Å². The van der Waals surface area contributed by atoms with E-state index in [1.165, 1.54) is 5.56 Å². The molecule has 0 aromatic carbocycles. The van der Waals surface area contributed by atoms with E-state index in [1.54, 1.807) is 6.20 Å². The summed E-state index contributed by atoms with van der Waals surface area (Å²) in [5.74, 6) is 0. The monoisotopic (exact) mass is 192 g/mol. The molecule has 4 heteroatoms. The number of nitrogens with zero attached hydrogens (tertiary/aromatic N) is 1. The maximum Gasteiger partial charge on any atom is 0.0703 e. The largest absolute Gasteiger partial charge is 0.313 e. The Hall–Kier alpha value is -0.970. The quantitative estimate of drug-likeness (QED) is 0.615. The van der Waals surface area contributed by atoms with Gasteiger partial charge in [-0.2, -0.15) is 0 Å². The van der Waals surface area contributed by atoms with Gasteiger partial charge in [0.25, 0.3) is 0 Å². The van der Waals surface area contributed by atoms with Crippen LogP contribution < -0.4 is 16.0 Å². The fourth-order valence-electron chi connectivity index (χ4n) is 1.54. The lowest BCUT2D eigenvalue weighted by atomic mass is 10.2. The number of piperazine rings is 1. The zero-order valence-electron chi connectivity index (χ0n) is 8.16. The zero-order chi connectivity index (χ0) is 9.64. The van der Waals surface area contributed by atoms with Gasteiger partial charge in [-0.25, -0.2) is 0 Å². The molecule has 0 bridgehead atoms. The first kappa shape index (κ1) is 9.58. The minimum atomic E-state index is 0.379. The minimum Gasteiger partial charge on any atom is -0.313 e. The smallest absolute Gasteiger partial charge is 0.0703 e. The van der Waals surface area contributed by atoms with Crippen molar-refractivity contribution in [2.24, 2.45) is 0 Å². The molecule has 1 aromatic rings. The second-order valence-electron chi connectivity index (χ2n) is 3.45. The van der Waals surface area contributed by atoms with Gasteiger partial charge in [0, 0.05) is 38.6 Å². The van der Waals surface area contributed by atoms with E-state index in [0.717, 1.165) is 26.2 Å². The first-order valence-corrected chi connectivity index (χ1v) is 5.01. The third-order valence-electron chi connectivity index (χ3n) is 2.32. The summed E-state index contributed by atoms with van der Waals surface area (Å²) in [6.45, 7) is 3.95. The lowest BCUT2D eigenvalue weighted by Crippen LogP contribution is -2.55. The van der Waals surface area contributed by atoms with E-state index in [9.17, 15) is 0 Å². The molecule has 0 amide bonds. The first-order valence-electron chi connectivity index (χ1n) is 5.01. The van der Waals surface area contributed by atoms with Crippen molar-refractivity contribution in [1.29, 1.82) is 0 Å². The van der Waals surface area contributed by atoms with E-state index in [-0.39, 0.29) is 0 Å². The summed E-state index contributed by atoms with van der Waals surface area (Å²) in [6, 6.07) is 4.04. The van der Waals surface area contributed by atoms with Crippen molar-refractivity contribution in [1.82, 2.24) is 20.9 Å². The number of hydrogen-bond acceptors (Lipinski definition) is 4. The summed E-state index contributed by atoms with van der Waals surface area (Å²) < 4.78 is 0. The Bertz CT molecular complexity index is 256. The van der Waals surface area contributed by atoms with Gasteiger partial charge in [0.1, 0.15) is 0 Å².